The molecule has 0 aliphatic carbocycles. The SMILES string of the molecule is C=CCc1cc(C(=O)Nc2ccccc2N2CCCC2)cc(OC)c1OC. The van der Waals surface area contributed by atoms with Crippen molar-refractivity contribution in [2.45, 2.75) is 19.3 Å². The van der Waals surface area contributed by atoms with Crippen molar-refractivity contribution in [3.8, 4) is 11.5 Å². The van der Waals surface area contributed by atoms with Gasteiger partial charge in [0.05, 0.1) is 25.6 Å². The van der Waals surface area contributed by atoms with E-state index in [-0.39, 0.29) is 5.91 Å². The van der Waals surface area contributed by atoms with E-state index in [1.54, 1.807) is 26.4 Å². The molecule has 0 unspecified atom stereocenters. The highest BCUT2D eigenvalue weighted by atomic mass is 16.5. The highest BCUT2D eigenvalue weighted by Crippen LogP contribution is 2.34. The van der Waals surface area contributed by atoms with Crippen molar-refractivity contribution in [3.05, 3.63) is 60.2 Å². The number of hydrogen-bond donors (Lipinski definition) is 1. The predicted octanol–water partition coefficient (Wildman–Crippen LogP) is 4.28. The van der Waals surface area contributed by atoms with Gasteiger partial charge in [0, 0.05) is 24.2 Å². The second-order valence-corrected chi connectivity index (χ2v) is 6.53. The molecule has 27 heavy (non-hydrogen) atoms. The first kappa shape index (κ1) is 18.8. The Morgan fingerprint density at radius 2 is 1.93 bits per heavy atom. The van der Waals surface area contributed by atoms with Crippen LogP contribution in [0.4, 0.5) is 11.4 Å². The maximum absolute atomic E-state index is 13.0. The third-order valence-electron chi connectivity index (χ3n) is 4.78. The minimum Gasteiger partial charge on any atom is -0.493 e. The van der Waals surface area contributed by atoms with Crippen LogP contribution < -0.4 is 19.7 Å². The fraction of sp³-hybridized carbons (Fsp3) is 0.318. The first-order valence-corrected chi connectivity index (χ1v) is 9.19. The van der Waals surface area contributed by atoms with Crippen molar-refractivity contribution in [1.82, 2.24) is 0 Å². The minimum absolute atomic E-state index is 0.173. The number of allylic oxidation sites excluding steroid dienone is 1. The lowest BCUT2D eigenvalue weighted by Crippen LogP contribution is -2.21. The lowest BCUT2D eigenvalue weighted by Gasteiger charge is -2.21. The molecule has 142 valence electrons. The molecule has 2 aromatic rings. The smallest absolute Gasteiger partial charge is 0.255 e. The van der Waals surface area contributed by atoms with Gasteiger partial charge in [-0.25, -0.2) is 0 Å². The van der Waals surface area contributed by atoms with E-state index in [1.807, 2.05) is 24.3 Å². The lowest BCUT2D eigenvalue weighted by molar-refractivity contribution is 0.102. The van der Waals surface area contributed by atoms with Gasteiger partial charge < -0.3 is 19.7 Å². The summed E-state index contributed by atoms with van der Waals surface area (Å²) >= 11 is 0. The summed E-state index contributed by atoms with van der Waals surface area (Å²) in [5.74, 6) is 0.995. The van der Waals surface area contributed by atoms with Crippen molar-refractivity contribution in [1.29, 1.82) is 0 Å². The van der Waals surface area contributed by atoms with Gasteiger partial charge in [-0.15, -0.1) is 6.58 Å². The monoisotopic (exact) mass is 366 g/mol. The van der Waals surface area contributed by atoms with Crippen LogP contribution in [0.3, 0.4) is 0 Å². The molecule has 0 spiro atoms. The number of benzene rings is 2. The summed E-state index contributed by atoms with van der Waals surface area (Å²) in [6.45, 7) is 5.82. The van der Waals surface area contributed by atoms with Crippen LogP contribution in [0.5, 0.6) is 11.5 Å². The number of ether oxygens (including phenoxy) is 2. The van der Waals surface area contributed by atoms with Crippen LogP contribution >= 0.6 is 0 Å². The van der Waals surface area contributed by atoms with Gasteiger partial charge in [0.1, 0.15) is 0 Å². The quantitative estimate of drug-likeness (QED) is 0.743. The van der Waals surface area contributed by atoms with E-state index in [0.29, 0.717) is 23.5 Å². The Morgan fingerprint density at radius 3 is 2.59 bits per heavy atom. The van der Waals surface area contributed by atoms with E-state index in [9.17, 15) is 4.79 Å². The van der Waals surface area contributed by atoms with Gasteiger partial charge >= 0.3 is 0 Å². The number of carbonyl (C=O) groups is 1. The Labute approximate surface area is 160 Å². The molecule has 5 heteroatoms. The largest absolute Gasteiger partial charge is 0.493 e. The van der Waals surface area contributed by atoms with Crippen molar-refractivity contribution in [2.24, 2.45) is 0 Å². The summed E-state index contributed by atoms with van der Waals surface area (Å²) < 4.78 is 10.9. The minimum atomic E-state index is -0.173. The van der Waals surface area contributed by atoms with Crippen LogP contribution in [0.1, 0.15) is 28.8 Å². The Balaban J connectivity index is 1.91. The van der Waals surface area contributed by atoms with Gasteiger partial charge in [-0.2, -0.15) is 0 Å². The standard InChI is InChI=1S/C22H26N2O3/c1-4-9-16-14-17(15-20(26-2)21(16)27-3)22(25)23-18-10-5-6-11-19(18)24-12-7-8-13-24/h4-6,10-11,14-15H,1,7-9,12-13H2,2-3H3,(H,23,25). The normalized spacial score (nSPS) is 13.3. The van der Waals surface area contributed by atoms with E-state index in [4.69, 9.17) is 9.47 Å². The number of amides is 1. The molecule has 1 saturated heterocycles. The Bertz CT molecular complexity index is 826. The van der Waals surface area contributed by atoms with E-state index in [0.717, 1.165) is 30.0 Å². The molecule has 0 atom stereocenters. The summed E-state index contributed by atoms with van der Waals surface area (Å²) in [6, 6.07) is 11.5. The first-order chi connectivity index (χ1) is 13.2. The molecule has 1 fully saturated rings. The summed E-state index contributed by atoms with van der Waals surface area (Å²) in [5.41, 5.74) is 3.28. The molecule has 0 radical (unpaired) electrons. The van der Waals surface area contributed by atoms with Crippen molar-refractivity contribution < 1.29 is 14.3 Å². The van der Waals surface area contributed by atoms with Gasteiger partial charge in [-0.1, -0.05) is 18.2 Å². The maximum Gasteiger partial charge on any atom is 0.255 e. The van der Waals surface area contributed by atoms with Gasteiger partial charge in [0.2, 0.25) is 0 Å². The molecule has 0 bridgehead atoms. The van der Waals surface area contributed by atoms with Crippen LogP contribution in [-0.4, -0.2) is 33.2 Å². The summed E-state index contributed by atoms with van der Waals surface area (Å²) in [6.07, 6.45) is 4.73. The molecular formula is C22H26N2O3. The molecule has 3 rings (SSSR count). The highest BCUT2D eigenvalue weighted by molar-refractivity contribution is 6.06. The van der Waals surface area contributed by atoms with E-state index >= 15 is 0 Å². The number of nitrogens with zero attached hydrogens (tertiary/aromatic N) is 1. The number of anilines is 2. The van der Waals surface area contributed by atoms with Gasteiger partial charge in [0.15, 0.2) is 11.5 Å². The molecule has 1 aliphatic heterocycles. The molecule has 0 saturated carbocycles. The summed E-state index contributed by atoms with van der Waals surface area (Å²) in [7, 11) is 3.16. The first-order valence-electron chi connectivity index (χ1n) is 9.19. The second-order valence-electron chi connectivity index (χ2n) is 6.53. The van der Waals surface area contributed by atoms with Crippen LogP contribution in [0.2, 0.25) is 0 Å². The van der Waals surface area contributed by atoms with Crippen molar-refractivity contribution in [2.75, 3.05) is 37.5 Å². The topological polar surface area (TPSA) is 50.8 Å². The Morgan fingerprint density at radius 1 is 1.19 bits per heavy atom. The van der Waals surface area contributed by atoms with Crippen LogP contribution in [-0.2, 0) is 6.42 Å². The molecule has 1 aliphatic rings. The third-order valence-corrected chi connectivity index (χ3v) is 4.78. The third kappa shape index (κ3) is 4.08. The lowest BCUT2D eigenvalue weighted by atomic mass is 10.0. The molecule has 0 aromatic heterocycles. The fourth-order valence-corrected chi connectivity index (χ4v) is 3.49. The highest BCUT2D eigenvalue weighted by Gasteiger charge is 2.19. The number of carbonyl (C=O) groups excluding carboxylic acids is 1. The zero-order valence-corrected chi connectivity index (χ0v) is 16.0. The zero-order chi connectivity index (χ0) is 19.2. The van der Waals surface area contributed by atoms with Crippen molar-refractivity contribution in [3.63, 3.8) is 0 Å². The number of para-hydroxylation sites is 2. The fourth-order valence-electron chi connectivity index (χ4n) is 3.49. The molecule has 2 aromatic carbocycles. The molecule has 5 nitrogen and oxygen atoms in total. The van der Waals surface area contributed by atoms with Gasteiger partial charge in [0.25, 0.3) is 5.91 Å². The maximum atomic E-state index is 13.0. The van der Waals surface area contributed by atoms with E-state index in [2.05, 4.69) is 22.9 Å². The molecular weight excluding hydrogens is 340 g/mol. The number of hydrogen-bond acceptors (Lipinski definition) is 4. The molecule has 1 heterocycles. The van der Waals surface area contributed by atoms with Crippen LogP contribution in [0.25, 0.3) is 0 Å². The molecule has 1 N–H and O–H groups in total. The number of rotatable bonds is 7. The Kier molecular flexibility index (Phi) is 6.01. The second kappa shape index (κ2) is 8.62. The molecule has 1 amide bonds. The zero-order valence-electron chi connectivity index (χ0n) is 16.0. The van der Waals surface area contributed by atoms with Gasteiger partial charge in [-0.3, -0.25) is 4.79 Å². The number of nitrogens with one attached hydrogen (secondary N) is 1. The average Bonchev–Trinajstić information content (AvgIpc) is 3.22. The van der Waals surface area contributed by atoms with E-state index in [1.165, 1.54) is 12.8 Å². The summed E-state index contributed by atoms with van der Waals surface area (Å²) in [4.78, 5) is 15.3. The van der Waals surface area contributed by atoms with Gasteiger partial charge in [-0.05, 0) is 43.5 Å². The number of methoxy groups -OCH3 is 2. The van der Waals surface area contributed by atoms with Crippen LogP contribution in [0.15, 0.2) is 49.1 Å². The van der Waals surface area contributed by atoms with Crippen molar-refractivity contribution >= 4 is 17.3 Å². The average molecular weight is 366 g/mol. The predicted molar refractivity (Wildman–Crippen MR) is 109 cm³/mol. The van der Waals surface area contributed by atoms with Crippen LogP contribution in [0, 0.1) is 0 Å². The Hall–Kier alpha value is -2.95. The van der Waals surface area contributed by atoms with E-state index < -0.39 is 0 Å². The summed E-state index contributed by atoms with van der Waals surface area (Å²) in [5, 5.41) is 3.06.